The van der Waals surface area contributed by atoms with Crippen LogP contribution in [0, 0.1) is 11.7 Å². The summed E-state index contributed by atoms with van der Waals surface area (Å²) < 4.78 is 42.9. The van der Waals surface area contributed by atoms with Crippen LogP contribution in [0.15, 0.2) is 34.1 Å². The topological polar surface area (TPSA) is 78.5 Å². The minimum Gasteiger partial charge on any atom is -0.325 e. The summed E-state index contributed by atoms with van der Waals surface area (Å²) in [6.45, 7) is 1.80. The average Bonchev–Trinajstić information content (AvgIpc) is 3.01. The SMILES string of the molecule is CC1C(c2ccc(Br)s2)NS(=O)(=O)N(C)C1C(=O)Nc1ccc(F)c(Cl)c1. The highest BCUT2D eigenvalue weighted by Gasteiger charge is 2.46. The molecular formula is C16H16BrClFN3O3S2. The minimum absolute atomic E-state index is 0.131. The maximum atomic E-state index is 13.3. The Morgan fingerprint density at radius 1 is 1.37 bits per heavy atom. The molecule has 0 spiro atoms. The zero-order chi connectivity index (χ0) is 19.9. The van der Waals surface area contributed by atoms with Gasteiger partial charge in [-0.15, -0.1) is 11.3 Å². The smallest absolute Gasteiger partial charge is 0.280 e. The van der Waals surface area contributed by atoms with E-state index in [-0.39, 0.29) is 10.9 Å². The number of benzene rings is 1. The molecule has 0 bridgehead atoms. The molecule has 27 heavy (non-hydrogen) atoms. The Hall–Kier alpha value is -1.04. The zero-order valence-electron chi connectivity index (χ0n) is 14.2. The highest BCUT2D eigenvalue weighted by Crippen LogP contribution is 2.38. The predicted molar refractivity (Wildman–Crippen MR) is 108 cm³/mol. The molecule has 0 saturated carbocycles. The van der Waals surface area contributed by atoms with Gasteiger partial charge in [-0.2, -0.15) is 17.4 Å². The van der Waals surface area contributed by atoms with Crippen molar-refractivity contribution in [3.8, 4) is 0 Å². The van der Waals surface area contributed by atoms with Gasteiger partial charge in [-0.05, 0) is 46.3 Å². The van der Waals surface area contributed by atoms with E-state index in [0.29, 0.717) is 5.69 Å². The van der Waals surface area contributed by atoms with Gasteiger partial charge in [0, 0.05) is 23.5 Å². The Balaban J connectivity index is 1.90. The number of carbonyl (C=O) groups is 1. The summed E-state index contributed by atoms with van der Waals surface area (Å²) in [6.07, 6.45) is 0. The van der Waals surface area contributed by atoms with Crippen LogP contribution in [0.25, 0.3) is 0 Å². The number of anilines is 1. The Morgan fingerprint density at radius 3 is 2.67 bits per heavy atom. The summed E-state index contributed by atoms with van der Waals surface area (Å²) in [7, 11) is -2.51. The van der Waals surface area contributed by atoms with Gasteiger partial charge in [0.15, 0.2) is 0 Å². The van der Waals surface area contributed by atoms with Crippen molar-refractivity contribution in [2.45, 2.75) is 19.0 Å². The van der Waals surface area contributed by atoms with Gasteiger partial charge in [-0.25, -0.2) is 4.39 Å². The molecule has 1 aliphatic heterocycles. The molecule has 1 aliphatic rings. The van der Waals surface area contributed by atoms with Crippen molar-refractivity contribution >= 4 is 60.7 Å². The lowest BCUT2D eigenvalue weighted by Crippen LogP contribution is -2.60. The molecule has 2 N–H and O–H groups in total. The lowest BCUT2D eigenvalue weighted by molar-refractivity contribution is -0.121. The van der Waals surface area contributed by atoms with E-state index in [4.69, 9.17) is 11.6 Å². The molecule has 1 aromatic carbocycles. The Bertz CT molecular complexity index is 985. The molecular weight excluding hydrogens is 481 g/mol. The average molecular weight is 497 g/mol. The fraction of sp³-hybridized carbons (Fsp3) is 0.312. The molecule has 3 unspecified atom stereocenters. The summed E-state index contributed by atoms with van der Waals surface area (Å²) in [5.74, 6) is -1.48. The number of hydrogen-bond acceptors (Lipinski definition) is 4. The number of thiophene rings is 1. The molecule has 146 valence electrons. The van der Waals surface area contributed by atoms with Crippen LogP contribution in [0.2, 0.25) is 5.02 Å². The first-order chi connectivity index (χ1) is 12.6. The second-order valence-electron chi connectivity index (χ2n) is 6.18. The first-order valence-electron chi connectivity index (χ1n) is 7.86. The van der Waals surface area contributed by atoms with Crippen molar-refractivity contribution in [3.05, 3.63) is 49.8 Å². The van der Waals surface area contributed by atoms with E-state index < -0.39 is 34.0 Å². The summed E-state index contributed by atoms with van der Waals surface area (Å²) in [5, 5.41) is 2.49. The van der Waals surface area contributed by atoms with Gasteiger partial charge in [0.1, 0.15) is 11.9 Å². The molecule has 0 radical (unpaired) electrons. The van der Waals surface area contributed by atoms with Gasteiger partial charge >= 0.3 is 0 Å². The van der Waals surface area contributed by atoms with Gasteiger partial charge < -0.3 is 5.32 Å². The van der Waals surface area contributed by atoms with Crippen LogP contribution in [0.4, 0.5) is 10.1 Å². The Kier molecular flexibility index (Phi) is 5.95. The van der Waals surface area contributed by atoms with Crippen LogP contribution in [0.5, 0.6) is 0 Å². The van der Waals surface area contributed by atoms with Gasteiger partial charge in [0.2, 0.25) is 5.91 Å². The largest absolute Gasteiger partial charge is 0.325 e. The number of halogens is 3. The van der Waals surface area contributed by atoms with Crippen molar-refractivity contribution < 1.29 is 17.6 Å². The highest BCUT2D eigenvalue weighted by molar-refractivity contribution is 9.11. The molecule has 6 nitrogen and oxygen atoms in total. The number of nitrogens with zero attached hydrogens (tertiary/aromatic N) is 1. The standard InChI is InChI=1S/C16H16BrClFN3O3S2/c1-8-14(12-5-6-13(17)26-12)21-27(24,25)22(2)15(8)16(23)20-9-3-4-11(19)10(18)7-9/h3-8,14-15,21H,1-2H3,(H,20,23). The molecule has 3 atom stereocenters. The minimum atomic E-state index is -3.86. The molecule has 2 heterocycles. The summed E-state index contributed by atoms with van der Waals surface area (Å²) in [4.78, 5) is 13.7. The quantitative estimate of drug-likeness (QED) is 0.679. The van der Waals surface area contributed by atoms with E-state index in [0.717, 1.165) is 19.0 Å². The van der Waals surface area contributed by atoms with Gasteiger partial charge in [0.05, 0.1) is 14.9 Å². The number of carbonyl (C=O) groups excluding carboxylic acids is 1. The predicted octanol–water partition coefficient (Wildman–Crippen LogP) is 3.77. The first kappa shape index (κ1) is 20.7. The van der Waals surface area contributed by atoms with E-state index in [9.17, 15) is 17.6 Å². The number of amides is 1. The molecule has 1 aromatic heterocycles. The van der Waals surface area contributed by atoms with Crippen LogP contribution >= 0.6 is 38.9 Å². The van der Waals surface area contributed by atoms with Crippen molar-refractivity contribution in [1.82, 2.24) is 9.03 Å². The van der Waals surface area contributed by atoms with Crippen molar-refractivity contribution in [1.29, 1.82) is 0 Å². The Morgan fingerprint density at radius 2 is 2.07 bits per heavy atom. The normalized spacial score (nSPS) is 25.3. The Labute approximate surface area is 174 Å². The summed E-state index contributed by atoms with van der Waals surface area (Å²) >= 11 is 10.5. The van der Waals surface area contributed by atoms with E-state index in [1.807, 2.05) is 12.1 Å². The monoisotopic (exact) mass is 495 g/mol. The summed E-state index contributed by atoms with van der Waals surface area (Å²) in [6, 6.07) is 5.93. The van der Waals surface area contributed by atoms with Crippen LogP contribution in [0.3, 0.4) is 0 Å². The van der Waals surface area contributed by atoms with Crippen LogP contribution in [-0.2, 0) is 15.0 Å². The van der Waals surface area contributed by atoms with E-state index in [1.165, 1.54) is 30.5 Å². The third-order valence-corrected chi connectivity index (χ3v) is 7.96. The van der Waals surface area contributed by atoms with Crippen LogP contribution < -0.4 is 10.0 Å². The molecule has 1 saturated heterocycles. The van der Waals surface area contributed by atoms with E-state index in [1.54, 1.807) is 6.92 Å². The van der Waals surface area contributed by atoms with Gasteiger partial charge in [-0.1, -0.05) is 18.5 Å². The van der Waals surface area contributed by atoms with Gasteiger partial charge in [0.25, 0.3) is 10.2 Å². The number of hydrogen-bond donors (Lipinski definition) is 2. The fourth-order valence-electron chi connectivity index (χ4n) is 3.02. The van der Waals surface area contributed by atoms with E-state index >= 15 is 0 Å². The second-order valence-corrected chi connectivity index (χ2v) is 10.8. The first-order valence-corrected chi connectivity index (χ1v) is 11.3. The summed E-state index contributed by atoms with van der Waals surface area (Å²) in [5.41, 5.74) is 0.290. The van der Waals surface area contributed by atoms with Gasteiger partial charge in [-0.3, -0.25) is 4.79 Å². The third kappa shape index (κ3) is 4.20. The van der Waals surface area contributed by atoms with Crippen molar-refractivity contribution in [3.63, 3.8) is 0 Å². The van der Waals surface area contributed by atoms with Crippen molar-refractivity contribution in [2.75, 3.05) is 12.4 Å². The molecule has 2 aromatic rings. The highest BCUT2D eigenvalue weighted by atomic mass is 79.9. The van der Waals surface area contributed by atoms with Crippen molar-refractivity contribution in [2.24, 2.45) is 5.92 Å². The molecule has 1 amide bonds. The maximum Gasteiger partial charge on any atom is 0.280 e. The molecule has 0 aliphatic carbocycles. The van der Waals surface area contributed by atoms with Crippen LogP contribution in [0.1, 0.15) is 17.8 Å². The number of nitrogens with one attached hydrogen (secondary N) is 2. The fourth-order valence-corrected chi connectivity index (χ4v) is 6.28. The molecule has 1 fully saturated rings. The third-order valence-electron chi connectivity index (χ3n) is 4.43. The second kappa shape index (κ2) is 7.76. The number of likely N-dealkylation sites (N-methyl/N-ethyl adjacent to an activating group) is 1. The van der Waals surface area contributed by atoms with E-state index in [2.05, 4.69) is 26.0 Å². The lowest BCUT2D eigenvalue weighted by Gasteiger charge is -2.40. The lowest BCUT2D eigenvalue weighted by atomic mass is 9.92. The maximum absolute atomic E-state index is 13.3. The van der Waals surface area contributed by atoms with Crippen LogP contribution in [-0.4, -0.2) is 31.7 Å². The molecule has 11 heteroatoms. The number of rotatable bonds is 3. The molecule has 3 rings (SSSR count). The zero-order valence-corrected chi connectivity index (χ0v) is 18.2.